The zero-order valence-electron chi connectivity index (χ0n) is 15.7. The van der Waals surface area contributed by atoms with E-state index in [4.69, 9.17) is 9.15 Å². The molecular weight excluding hydrogens is 386 g/mol. The van der Waals surface area contributed by atoms with E-state index in [0.29, 0.717) is 23.9 Å². The maximum atomic E-state index is 10.3. The molecule has 1 N–H and O–H groups in total. The fourth-order valence-corrected chi connectivity index (χ4v) is 3.66. The lowest BCUT2D eigenvalue weighted by molar-refractivity contribution is 0.126. The average molecular weight is 407 g/mol. The van der Waals surface area contributed by atoms with E-state index in [1.54, 1.807) is 6.26 Å². The third-order valence-corrected chi connectivity index (χ3v) is 5.34. The van der Waals surface area contributed by atoms with Gasteiger partial charge < -0.3 is 14.3 Å². The Hall–Kier alpha value is -3.03. The predicted octanol–water partition coefficient (Wildman–Crippen LogP) is 4.12. The van der Waals surface area contributed by atoms with E-state index in [0.717, 1.165) is 16.5 Å². The van der Waals surface area contributed by atoms with Crippen LogP contribution in [0.4, 0.5) is 0 Å². The average Bonchev–Trinajstić information content (AvgIpc) is 3.42. The summed E-state index contributed by atoms with van der Waals surface area (Å²) in [4.78, 5) is 0. The van der Waals surface area contributed by atoms with E-state index >= 15 is 0 Å². The van der Waals surface area contributed by atoms with Gasteiger partial charge in [0, 0.05) is 5.75 Å². The molecule has 2 aromatic carbocycles. The van der Waals surface area contributed by atoms with E-state index in [1.807, 2.05) is 65.2 Å². The monoisotopic (exact) mass is 407 g/mol. The molecule has 2 aromatic heterocycles. The Morgan fingerprint density at radius 2 is 1.72 bits per heavy atom. The molecule has 2 heterocycles. The zero-order valence-corrected chi connectivity index (χ0v) is 16.5. The van der Waals surface area contributed by atoms with Crippen molar-refractivity contribution in [3.63, 3.8) is 0 Å². The van der Waals surface area contributed by atoms with Gasteiger partial charge in [0.1, 0.15) is 12.4 Å². The molecule has 29 heavy (non-hydrogen) atoms. The molecule has 0 fully saturated rings. The van der Waals surface area contributed by atoms with Crippen LogP contribution in [-0.2, 0) is 6.54 Å². The normalized spacial score (nSPS) is 12.0. The number of aliphatic hydroxyl groups is 1. The van der Waals surface area contributed by atoms with E-state index in [1.165, 1.54) is 11.8 Å². The molecular formula is C22H21N3O3S. The van der Waals surface area contributed by atoms with Crippen molar-refractivity contribution in [3.8, 4) is 17.3 Å². The van der Waals surface area contributed by atoms with Crippen molar-refractivity contribution < 1.29 is 14.3 Å². The van der Waals surface area contributed by atoms with Crippen molar-refractivity contribution >= 4 is 11.8 Å². The fourth-order valence-electron chi connectivity index (χ4n) is 2.82. The second kappa shape index (κ2) is 9.45. The number of thioether (sulfide) groups is 1. The molecule has 7 heteroatoms. The fraction of sp³-hybridized carbons (Fsp3) is 0.182. The minimum absolute atomic E-state index is 0.217. The standard InChI is InChI=1S/C22H21N3O3S/c26-18(15-28-19-10-5-2-6-11-19)16-29-22-24-23-21(20-12-7-13-27-20)25(22)14-17-8-3-1-4-9-17/h1-13,18,26H,14-16H2/t18-/m0/s1. The molecule has 4 aromatic rings. The molecule has 0 aliphatic heterocycles. The molecule has 0 unspecified atom stereocenters. The first-order valence-electron chi connectivity index (χ1n) is 9.29. The van der Waals surface area contributed by atoms with Crippen molar-refractivity contribution in [2.24, 2.45) is 0 Å². The number of benzene rings is 2. The van der Waals surface area contributed by atoms with Crippen LogP contribution in [0, 0.1) is 0 Å². The topological polar surface area (TPSA) is 73.3 Å². The molecule has 1 atom stereocenters. The largest absolute Gasteiger partial charge is 0.491 e. The lowest BCUT2D eigenvalue weighted by atomic mass is 10.2. The molecule has 0 saturated heterocycles. The van der Waals surface area contributed by atoms with Crippen LogP contribution >= 0.6 is 11.8 Å². The molecule has 6 nitrogen and oxygen atoms in total. The Bertz CT molecular complexity index is 1000. The van der Waals surface area contributed by atoms with Gasteiger partial charge in [0.2, 0.25) is 5.82 Å². The molecule has 0 aliphatic carbocycles. The first-order valence-corrected chi connectivity index (χ1v) is 10.3. The number of hydrogen-bond donors (Lipinski definition) is 1. The van der Waals surface area contributed by atoms with Crippen LogP contribution in [0.3, 0.4) is 0 Å². The van der Waals surface area contributed by atoms with Gasteiger partial charge in [0.05, 0.1) is 18.9 Å². The quantitative estimate of drug-likeness (QED) is 0.421. The molecule has 0 saturated carbocycles. The Balaban J connectivity index is 1.45. The highest BCUT2D eigenvalue weighted by molar-refractivity contribution is 7.99. The van der Waals surface area contributed by atoms with E-state index < -0.39 is 6.10 Å². The molecule has 0 aliphatic rings. The maximum Gasteiger partial charge on any atom is 0.200 e. The summed E-state index contributed by atoms with van der Waals surface area (Å²) in [5, 5.41) is 19.7. The number of furan rings is 1. The summed E-state index contributed by atoms with van der Waals surface area (Å²) >= 11 is 1.45. The van der Waals surface area contributed by atoms with Gasteiger partial charge in [0.25, 0.3) is 0 Å². The summed E-state index contributed by atoms with van der Waals surface area (Å²) in [5.74, 6) is 2.51. The molecule has 148 valence electrons. The van der Waals surface area contributed by atoms with Gasteiger partial charge >= 0.3 is 0 Å². The van der Waals surface area contributed by atoms with Gasteiger partial charge in [-0.25, -0.2) is 0 Å². The number of rotatable bonds is 9. The Morgan fingerprint density at radius 1 is 0.966 bits per heavy atom. The highest BCUT2D eigenvalue weighted by atomic mass is 32.2. The van der Waals surface area contributed by atoms with Crippen molar-refractivity contribution in [2.75, 3.05) is 12.4 Å². The predicted molar refractivity (Wildman–Crippen MR) is 112 cm³/mol. The molecule has 0 radical (unpaired) electrons. The first kappa shape index (κ1) is 19.3. The number of hydrogen-bond acceptors (Lipinski definition) is 6. The van der Waals surface area contributed by atoms with Crippen molar-refractivity contribution in [1.82, 2.24) is 14.8 Å². The summed E-state index contributed by atoms with van der Waals surface area (Å²) in [6, 6.07) is 23.3. The van der Waals surface area contributed by atoms with Gasteiger partial charge in [-0.15, -0.1) is 10.2 Å². The van der Waals surface area contributed by atoms with E-state index in [9.17, 15) is 5.11 Å². The SMILES string of the molecule is O[C@@H](COc1ccccc1)CSc1nnc(-c2ccco2)n1Cc1ccccc1. The smallest absolute Gasteiger partial charge is 0.200 e. The van der Waals surface area contributed by atoms with E-state index in [-0.39, 0.29) is 6.61 Å². The molecule has 0 amide bonds. The minimum Gasteiger partial charge on any atom is -0.491 e. The Labute approximate surface area is 173 Å². The van der Waals surface area contributed by atoms with Crippen LogP contribution < -0.4 is 4.74 Å². The maximum absolute atomic E-state index is 10.3. The van der Waals surface area contributed by atoms with Crippen LogP contribution in [0.25, 0.3) is 11.6 Å². The first-order chi connectivity index (χ1) is 14.3. The molecule has 0 bridgehead atoms. The van der Waals surface area contributed by atoms with Crippen molar-refractivity contribution in [2.45, 2.75) is 17.8 Å². The lowest BCUT2D eigenvalue weighted by Gasteiger charge is -2.13. The summed E-state index contributed by atoms with van der Waals surface area (Å²) < 4.78 is 13.2. The molecule has 0 spiro atoms. The van der Waals surface area contributed by atoms with Gasteiger partial charge in [-0.05, 0) is 29.8 Å². The lowest BCUT2D eigenvalue weighted by Crippen LogP contribution is -2.20. The summed E-state index contributed by atoms with van der Waals surface area (Å²) in [5.41, 5.74) is 1.13. The highest BCUT2D eigenvalue weighted by Gasteiger charge is 2.18. The van der Waals surface area contributed by atoms with Crippen LogP contribution in [0.1, 0.15) is 5.56 Å². The van der Waals surface area contributed by atoms with Gasteiger partial charge in [-0.3, -0.25) is 4.57 Å². The number of ether oxygens (including phenoxy) is 1. The highest BCUT2D eigenvalue weighted by Crippen LogP contribution is 2.26. The number of para-hydroxylation sites is 1. The summed E-state index contributed by atoms with van der Waals surface area (Å²) in [6.07, 6.45) is 0.989. The van der Waals surface area contributed by atoms with Gasteiger partial charge in [-0.1, -0.05) is 60.3 Å². The number of aliphatic hydroxyl groups excluding tert-OH is 1. The van der Waals surface area contributed by atoms with Gasteiger partial charge in [-0.2, -0.15) is 0 Å². The Morgan fingerprint density at radius 3 is 2.45 bits per heavy atom. The minimum atomic E-state index is -0.630. The van der Waals surface area contributed by atoms with Crippen LogP contribution in [-0.4, -0.2) is 38.3 Å². The van der Waals surface area contributed by atoms with Crippen molar-refractivity contribution in [3.05, 3.63) is 84.6 Å². The third-order valence-electron chi connectivity index (χ3n) is 4.23. The second-order valence-electron chi connectivity index (χ2n) is 6.44. The number of nitrogens with zero attached hydrogens (tertiary/aromatic N) is 3. The number of aromatic nitrogens is 3. The van der Waals surface area contributed by atoms with E-state index in [2.05, 4.69) is 22.3 Å². The third kappa shape index (κ3) is 5.07. The molecule has 4 rings (SSSR count). The second-order valence-corrected chi connectivity index (χ2v) is 7.43. The van der Waals surface area contributed by atoms with Crippen LogP contribution in [0.2, 0.25) is 0 Å². The Kier molecular flexibility index (Phi) is 6.29. The van der Waals surface area contributed by atoms with Crippen LogP contribution in [0.15, 0.2) is 88.6 Å². The van der Waals surface area contributed by atoms with Crippen LogP contribution in [0.5, 0.6) is 5.75 Å². The summed E-state index contributed by atoms with van der Waals surface area (Å²) in [7, 11) is 0. The zero-order chi connectivity index (χ0) is 19.9. The summed E-state index contributed by atoms with van der Waals surface area (Å²) in [6.45, 7) is 0.831. The van der Waals surface area contributed by atoms with Gasteiger partial charge in [0.15, 0.2) is 10.9 Å². The van der Waals surface area contributed by atoms with Crippen molar-refractivity contribution in [1.29, 1.82) is 0 Å².